The maximum Gasteiger partial charge on any atom is 0.255 e. The van der Waals surface area contributed by atoms with Crippen LogP contribution >= 0.6 is 15.9 Å². The Bertz CT molecular complexity index is 432. The van der Waals surface area contributed by atoms with Crippen LogP contribution in [-0.4, -0.2) is 43.5 Å². The summed E-state index contributed by atoms with van der Waals surface area (Å²) in [6.07, 6.45) is -0.125. The fourth-order valence-electron chi connectivity index (χ4n) is 1.65. The number of carbonyl (C=O) groups excluding carboxylic acids is 1. The molecule has 18 heavy (non-hydrogen) atoms. The lowest BCUT2D eigenvalue weighted by Gasteiger charge is -2.23. The van der Waals surface area contributed by atoms with E-state index in [0.29, 0.717) is 26.4 Å². The minimum Gasteiger partial charge on any atom is -0.507 e. The molecule has 0 spiro atoms. The van der Waals surface area contributed by atoms with Crippen molar-refractivity contribution in [3.05, 3.63) is 28.2 Å². The maximum absolute atomic E-state index is 11.8. The van der Waals surface area contributed by atoms with Crippen LogP contribution in [0.1, 0.15) is 10.4 Å². The number of ether oxygens (including phenoxy) is 2. The van der Waals surface area contributed by atoms with Gasteiger partial charge in [0.25, 0.3) is 5.91 Å². The van der Waals surface area contributed by atoms with E-state index in [9.17, 15) is 9.90 Å². The lowest BCUT2D eigenvalue weighted by molar-refractivity contribution is -0.0855. The molecule has 1 aliphatic heterocycles. The van der Waals surface area contributed by atoms with Crippen molar-refractivity contribution in [2.45, 2.75) is 6.10 Å². The molecule has 1 unspecified atom stereocenters. The van der Waals surface area contributed by atoms with Gasteiger partial charge in [-0.3, -0.25) is 4.79 Å². The number of hydrogen-bond acceptors (Lipinski definition) is 4. The predicted molar refractivity (Wildman–Crippen MR) is 68.7 cm³/mol. The highest BCUT2D eigenvalue weighted by Crippen LogP contribution is 2.22. The number of aromatic hydroxyl groups is 1. The van der Waals surface area contributed by atoms with Gasteiger partial charge in [-0.15, -0.1) is 0 Å². The van der Waals surface area contributed by atoms with Gasteiger partial charge in [-0.2, -0.15) is 0 Å². The van der Waals surface area contributed by atoms with Crippen molar-refractivity contribution >= 4 is 21.8 Å². The highest BCUT2D eigenvalue weighted by molar-refractivity contribution is 9.10. The Kier molecular flexibility index (Phi) is 4.57. The lowest BCUT2D eigenvalue weighted by Crippen LogP contribution is -2.39. The fraction of sp³-hybridized carbons (Fsp3) is 0.417. The summed E-state index contributed by atoms with van der Waals surface area (Å²) in [5.74, 6) is -0.378. The van der Waals surface area contributed by atoms with Gasteiger partial charge in [0.2, 0.25) is 0 Å². The molecular weight excluding hydrogens is 302 g/mol. The standard InChI is InChI=1S/C12H14BrNO4/c13-8-1-2-10(11(15)5-8)12(16)14-6-9-7-17-3-4-18-9/h1-2,5,9,15H,3-4,6-7H2,(H,14,16). The van der Waals surface area contributed by atoms with Gasteiger partial charge in [-0.1, -0.05) is 15.9 Å². The average molecular weight is 316 g/mol. The molecular formula is C12H14BrNO4. The SMILES string of the molecule is O=C(NCC1COCCO1)c1ccc(Br)cc1O. The second kappa shape index (κ2) is 6.17. The summed E-state index contributed by atoms with van der Waals surface area (Å²) >= 11 is 3.22. The highest BCUT2D eigenvalue weighted by Gasteiger charge is 2.17. The monoisotopic (exact) mass is 315 g/mol. The van der Waals surface area contributed by atoms with Crippen LogP contribution < -0.4 is 5.32 Å². The van der Waals surface area contributed by atoms with Crippen LogP contribution in [0.4, 0.5) is 0 Å². The average Bonchev–Trinajstić information content (AvgIpc) is 2.37. The van der Waals surface area contributed by atoms with Gasteiger partial charge in [0, 0.05) is 11.0 Å². The number of benzene rings is 1. The summed E-state index contributed by atoms with van der Waals surface area (Å²) in [6, 6.07) is 4.75. The van der Waals surface area contributed by atoms with Crippen molar-refractivity contribution in [2.75, 3.05) is 26.4 Å². The molecule has 6 heteroatoms. The summed E-state index contributed by atoms with van der Waals surface area (Å²) in [4.78, 5) is 11.8. The van der Waals surface area contributed by atoms with E-state index in [4.69, 9.17) is 9.47 Å². The van der Waals surface area contributed by atoms with Crippen molar-refractivity contribution in [1.29, 1.82) is 0 Å². The number of amides is 1. The number of nitrogens with one attached hydrogen (secondary N) is 1. The Morgan fingerprint density at radius 2 is 2.33 bits per heavy atom. The summed E-state index contributed by atoms with van der Waals surface area (Å²) in [5, 5.41) is 12.4. The highest BCUT2D eigenvalue weighted by atomic mass is 79.9. The number of phenolic OH excluding ortho intramolecular Hbond substituents is 1. The van der Waals surface area contributed by atoms with Crippen LogP contribution in [0, 0.1) is 0 Å². The molecule has 98 valence electrons. The summed E-state index contributed by atoms with van der Waals surface area (Å²) < 4.78 is 11.4. The van der Waals surface area contributed by atoms with Gasteiger partial charge in [0.1, 0.15) is 5.75 Å². The third-order valence-electron chi connectivity index (χ3n) is 2.58. The van der Waals surface area contributed by atoms with Crippen LogP contribution in [0.15, 0.2) is 22.7 Å². The van der Waals surface area contributed by atoms with Gasteiger partial charge in [-0.05, 0) is 18.2 Å². The van der Waals surface area contributed by atoms with Crippen LogP contribution in [0.2, 0.25) is 0 Å². The van der Waals surface area contributed by atoms with E-state index in [-0.39, 0.29) is 23.3 Å². The number of rotatable bonds is 3. The molecule has 1 heterocycles. The molecule has 1 saturated heterocycles. The third-order valence-corrected chi connectivity index (χ3v) is 3.07. The second-order valence-electron chi connectivity index (χ2n) is 3.94. The van der Waals surface area contributed by atoms with Crippen molar-refractivity contribution in [1.82, 2.24) is 5.32 Å². The molecule has 2 rings (SSSR count). The molecule has 0 radical (unpaired) electrons. The number of carbonyl (C=O) groups is 1. The van der Waals surface area contributed by atoms with Crippen LogP contribution in [0.5, 0.6) is 5.75 Å². The fourth-order valence-corrected chi connectivity index (χ4v) is 2.00. The van der Waals surface area contributed by atoms with E-state index in [1.165, 1.54) is 6.07 Å². The molecule has 2 N–H and O–H groups in total. The molecule has 1 aromatic rings. The van der Waals surface area contributed by atoms with Gasteiger partial charge in [0.05, 0.1) is 31.5 Å². The Morgan fingerprint density at radius 3 is 3.00 bits per heavy atom. The van der Waals surface area contributed by atoms with E-state index < -0.39 is 0 Å². The number of phenols is 1. The molecule has 1 aliphatic rings. The van der Waals surface area contributed by atoms with Gasteiger partial charge in [0.15, 0.2) is 0 Å². The molecule has 0 bridgehead atoms. The first-order valence-corrected chi connectivity index (χ1v) is 6.42. The molecule has 0 aromatic heterocycles. The number of halogens is 1. The lowest BCUT2D eigenvalue weighted by atomic mass is 10.2. The molecule has 1 fully saturated rings. The minimum absolute atomic E-state index is 0.0531. The van der Waals surface area contributed by atoms with Crippen LogP contribution in [0.25, 0.3) is 0 Å². The van der Waals surface area contributed by atoms with Gasteiger partial charge >= 0.3 is 0 Å². The largest absolute Gasteiger partial charge is 0.507 e. The minimum atomic E-state index is -0.325. The first kappa shape index (κ1) is 13.3. The van der Waals surface area contributed by atoms with Crippen molar-refractivity contribution in [3.8, 4) is 5.75 Å². The Balaban J connectivity index is 1.90. The first-order chi connectivity index (χ1) is 8.66. The summed E-state index contributed by atoms with van der Waals surface area (Å²) in [7, 11) is 0. The maximum atomic E-state index is 11.8. The zero-order valence-electron chi connectivity index (χ0n) is 9.69. The smallest absolute Gasteiger partial charge is 0.255 e. The van der Waals surface area contributed by atoms with E-state index in [1.54, 1.807) is 12.1 Å². The summed E-state index contributed by atoms with van der Waals surface area (Å²) in [5.41, 5.74) is 0.245. The molecule has 1 atom stereocenters. The Hall–Kier alpha value is -1.11. The van der Waals surface area contributed by atoms with E-state index in [2.05, 4.69) is 21.2 Å². The number of hydrogen-bond donors (Lipinski definition) is 2. The molecule has 1 amide bonds. The van der Waals surface area contributed by atoms with Crippen molar-refractivity contribution in [3.63, 3.8) is 0 Å². The second-order valence-corrected chi connectivity index (χ2v) is 4.85. The summed E-state index contributed by atoms with van der Waals surface area (Å²) in [6.45, 7) is 1.99. The topological polar surface area (TPSA) is 67.8 Å². The van der Waals surface area contributed by atoms with Crippen molar-refractivity contribution < 1.29 is 19.4 Å². The first-order valence-electron chi connectivity index (χ1n) is 5.63. The molecule has 5 nitrogen and oxygen atoms in total. The van der Waals surface area contributed by atoms with Crippen LogP contribution in [0.3, 0.4) is 0 Å². The van der Waals surface area contributed by atoms with E-state index in [1.807, 2.05) is 0 Å². The quantitative estimate of drug-likeness (QED) is 0.882. The van der Waals surface area contributed by atoms with Gasteiger partial charge in [-0.25, -0.2) is 0 Å². The third kappa shape index (κ3) is 3.44. The normalized spacial score (nSPS) is 19.5. The van der Waals surface area contributed by atoms with Crippen LogP contribution in [-0.2, 0) is 9.47 Å². The molecule has 0 saturated carbocycles. The Morgan fingerprint density at radius 1 is 1.50 bits per heavy atom. The molecule has 0 aliphatic carbocycles. The van der Waals surface area contributed by atoms with E-state index >= 15 is 0 Å². The predicted octanol–water partition coefficient (Wildman–Crippen LogP) is 1.30. The van der Waals surface area contributed by atoms with Crippen molar-refractivity contribution in [2.24, 2.45) is 0 Å². The van der Waals surface area contributed by atoms with Gasteiger partial charge < -0.3 is 19.9 Å². The zero-order valence-corrected chi connectivity index (χ0v) is 11.3. The molecule has 1 aromatic carbocycles. The zero-order chi connectivity index (χ0) is 13.0. The Labute approximate surface area is 113 Å². The van der Waals surface area contributed by atoms with E-state index in [0.717, 1.165) is 4.47 Å².